The quantitative estimate of drug-likeness (QED) is 0.822. The number of aromatic nitrogens is 1. The van der Waals surface area contributed by atoms with Gasteiger partial charge in [0.1, 0.15) is 0 Å². The van der Waals surface area contributed by atoms with E-state index in [9.17, 15) is 5.11 Å². The van der Waals surface area contributed by atoms with Crippen LogP contribution in [0.2, 0.25) is 0 Å². The van der Waals surface area contributed by atoms with E-state index in [0.29, 0.717) is 6.42 Å². The number of hydrogen-bond donors (Lipinski definition) is 1. The maximum Gasteiger partial charge on any atom is 0.0957 e. The van der Waals surface area contributed by atoms with Gasteiger partial charge in [0.25, 0.3) is 0 Å². The highest BCUT2D eigenvalue weighted by molar-refractivity contribution is 9.10. The maximum atomic E-state index is 9.34. The highest BCUT2D eigenvalue weighted by Crippen LogP contribution is 2.15. The molecule has 1 atom stereocenters. The molecule has 11 heavy (non-hydrogen) atoms. The van der Waals surface area contributed by atoms with E-state index < -0.39 is 6.10 Å². The Bertz CT molecular complexity index is 222. The number of rotatable bonds is 2. The average Bonchev–Trinajstić information content (AvgIpc) is 2.05. The minimum Gasteiger partial charge on any atom is -0.387 e. The van der Waals surface area contributed by atoms with E-state index in [0.717, 1.165) is 10.2 Å². The molecule has 1 aromatic rings. The first kappa shape index (κ1) is 8.68. The molecule has 0 radical (unpaired) electrons. The fraction of sp³-hybridized carbons (Fsp3) is 0.375. The van der Waals surface area contributed by atoms with Gasteiger partial charge in [-0.1, -0.05) is 6.92 Å². The topological polar surface area (TPSA) is 33.1 Å². The highest BCUT2D eigenvalue weighted by atomic mass is 79.9. The van der Waals surface area contributed by atoms with Crippen LogP contribution in [0.15, 0.2) is 22.8 Å². The third kappa shape index (κ3) is 2.27. The summed E-state index contributed by atoms with van der Waals surface area (Å²) < 4.78 is 0.935. The Labute approximate surface area is 74.4 Å². The van der Waals surface area contributed by atoms with Crippen molar-refractivity contribution in [1.29, 1.82) is 0 Å². The number of halogens is 1. The van der Waals surface area contributed by atoms with Crippen LogP contribution in [0.25, 0.3) is 0 Å². The molecule has 60 valence electrons. The molecule has 0 saturated carbocycles. The fourth-order valence-corrected chi connectivity index (χ4v) is 1.03. The molecule has 0 unspecified atom stereocenters. The molecule has 0 saturated heterocycles. The van der Waals surface area contributed by atoms with Gasteiger partial charge in [-0.3, -0.25) is 4.98 Å². The van der Waals surface area contributed by atoms with Gasteiger partial charge in [0, 0.05) is 10.7 Å². The van der Waals surface area contributed by atoms with Crippen molar-refractivity contribution in [2.45, 2.75) is 19.4 Å². The van der Waals surface area contributed by atoms with Crippen LogP contribution < -0.4 is 0 Å². The highest BCUT2D eigenvalue weighted by Gasteiger charge is 2.04. The van der Waals surface area contributed by atoms with Crippen molar-refractivity contribution < 1.29 is 5.11 Å². The lowest BCUT2D eigenvalue weighted by atomic mass is 10.2. The van der Waals surface area contributed by atoms with Crippen LogP contribution in [0.3, 0.4) is 0 Å². The van der Waals surface area contributed by atoms with E-state index in [1.165, 1.54) is 0 Å². The zero-order chi connectivity index (χ0) is 8.27. The van der Waals surface area contributed by atoms with Gasteiger partial charge in [0.05, 0.1) is 11.8 Å². The molecule has 0 bridgehead atoms. The summed E-state index contributed by atoms with van der Waals surface area (Å²) in [5.74, 6) is 0. The van der Waals surface area contributed by atoms with Crippen molar-refractivity contribution in [1.82, 2.24) is 4.98 Å². The Balaban J connectivity index is 2.81. The summed E-state index contributed by atoms with van der Waals surface area (Å²) in [6.07, 6.45) is 1.96. The number of nitrogens with zero attached hydrogens (tertiary/aromatic N) is 1. The monoisotopic (exact) mass is 215 g/mol. The first-order valence-electron chi connectivity index (χ1n) is 3.53. The molecule has 0 aliphatic rings. The molecule has 0 aliphatic carbocycles. The van der Waals surface area contributed by atoms with Gasteiger partial charge < -0.3 is 5.11 Å². The first-order valence-corrected chi connectivity index (χ1v) is 4.33. The largest absolute Gasteiger partial charge is 0.387 e. The van der Waals surface area contributed by atoms with Crippen LogP contribution in [0.1, 0.15) is 25.1 Å². The van der Waals surface area contributed by atoms with E-state index in [2.05, 4.69) is 20.9 Å². The molecule has 0 amide bonds. The molecule has 3 heteroatoms. The Hall–Kier alpha value is -0.410. The van der Waals surface area contributed by atoms with Gasteiger partial charge in [0.2, 0.25) is 0 Å². The maximum absolute atomic E-state index is 9.34. The summed E-state index contributed by atoms with van der Waals surface area (Å²) in [5, 5.41) is 9.34. The summed E-state index contributed by atoms with van der Waals surface area (Å²) in [6.45, 7) is 1.92. The summed E-state index contributed by atoms with van der Waals surface area (Å²) >= 11 is 3.27. The molecule has 0 aromatic carbocycles. The zero-order valence-corrected chi connectivity index (χ0v) is 7.87. The molecule has 0 fully saturated rings. The first-order chi connectivity index (χ1) is 5.24. The van der Waals surface area contributed by atoms with E-state index in [1.807, 2.05) is 19.1 Å². The number of aliphatic hydroxyl groups is 1. The molecular formula is C8H10BrNO. The lowest BCUT2D eigenvalue weighted by Gasteiger charge is -2.05. The standard InChI is InChI=1S/C8H10BrNO/c1-2-8(11)7-4-3-6(9)5-10-7/h3-5,8,11H,2H2,1H3/t8-/m1/s1. The van der Waals surface area contributed by atoms with Crippen molar-refractivity contribution in [2.24, 2.45) is 0 Å². The molecule has 1 aromatic heterocycles. The minimum atomic E-state index is -0.428. The number of pyridine rings is 1. The Morgan fingerprint density at radius 2 is 2.36 bits per heavy atom. The van der Waals surface area contributed by atoms with Crippen LogP contribution in [0, 0.1) is 0 Å². The van der Waals surface area contributed by atoms with Crippen LogP contribution >= 0.6 is 15.9 Å². The van der Waals surface area contributed by atoms with E-state index in [4.69, 9.17) is 0 Å². The molecular weight excluding hydrogens is 206 g/mol. The minimum absolute atomic E-state index is 0.428. The summed E-state index contributed by atoms with van der Waals surface area (Å²) in [4.78, 5) is 4.05. The molecule has 1 N–H and O–H groups in total. The second-order valence-electron chi connectivity index (χ2n) is 2.33. The van der Waals surface area contributed by atoms with Crippen molar-refractivity contribution in [3.8, 4) is 0 Å². The lowest BCUT2D eigenvalue weighted by molar-refractivity contribution is 0.169. The summed E-state index contributed by atoms with van der Waals surface area (Å²) in [6, 6.07) is 3.69. The predicted octanol–water partition coefficient (Wildman–Crippen LogP) is 2.29. The van der Waals surface area contributed by atoms with Gasteiger partial charge in [-0.25, -0.2) is 0 Å². The van der Waals surface area contributed by atoms with Crippen LogP contribution in [0.5, 0.6) is 0 Å². The second kappa shape index (κ2) is 3.83. The molecule has 2 nitrogen and oxygen atoms in total. The van der Waals surface area contributed by atoms with Gasteiger partial charge in [-0.15, -0.1) is 0 Å². The van der Waals surface area contributed by atoms with Crippen LogP contribution in [-0.4, -0.2) is 10.1 Å². The summed E-state index contributed by atoms with van der Waals surface area (Å²) in [5.41, 5.74) is 0.732. The zero-order valence-electron chi connectivity index (χ0n) is 6.29. The summed E-state index contributed by atoms with van der Waals surface area (Å²) in [7, 11) is 0. The normalized spacial score (nSPS) is 13.0. The predicted molar refractivity (Wildman–Crippen MR) is 47.2 cm³/mol. The van der Waals surface area contributed by atoms with Gasteiger partial charge in [0.15, 0.2) is 0 Å². The molecule has 1 heterocycles. The third-order valence-corrected chi connectivity index (χ3v) is 1.95. The number of hydrogen-bond acceptors (Lipinski definition) is 2. The fourth-order valence-electron chi connectivity index (χ4n) is 0.794. The Kier molecular flexibility index (Phi) is 3.02. The van der Waals surface area contributed by atoms with Gasteiger partial charge >= 0.3 is 0 Å². The van der Waals surface area contributed by atoms with Crippen molar-refractivity contribution in [2.75, 3.05) is 0 Å². The molecule has 1 rings (SSSR count). The average molecular weight is 216 g/mol. The Morgan fingerprint density at radius 1 is 1.64 bits per heavy atom. The van der Waals surface area contributed by atoms with Gasteiger partial charge in [-0.05, 0) is 34.5 Å². The number of aliphatic hydroxyl groups excluding tert-OH is 1. The molecule has 0 spiro atoms. The second-order valence-corrected chi connectivity index (χ2v) is 3.24. The van der Waals surface area contributed by atoms with E-state index in [-0.39, 0.29) is 0 Å². The SMILES string of the molecule is CC[C@@H](O)c1ccc(Br)cn1. The lowest BCUT2D eigenvalue weighted by Crippen LogP contribution is -1.97. The van der Waals surface area contributed by atoms with E-state index in [1.54, 1.807) is 6.20 Å². The smallest absolute Gasteiger partial charge is 0.0957 e. The van der Waals surface area contributed by atoms with Crippen LogP contribution in [0.4, 0.5) is 0 Å². The Morgan fingerprint density at radius 3 is 2.82 bits per heavy atom. The van der Waals surface area contributed by atoms with Crippen molar-refractivity contribution in [3.63, 3.8) is 0 Å². The van der Waals surface area contributed by atoms with Gasteiger partial charge in [-0.2, -0.15) is 0 Å². The van der Waals surface area contributed by atoms with Crippen molar-refractivity contribution in [3.05, 3.63) is 28.5 Å². The third-order valence-electron chi connectivity index (χ3n) is 1.48. The van der Waals surface area contributed by atoms with Crippen molar-refractivity contribution >= 4 is 15.9 Å². The van der Waals surface area contributed by atoms with E-state index >= 15 is 0 Å². The van der Waals surface area contributed by atoms with Crippen LogP contribution in [-0.2, 0) is 0 Å². The molecule has 0 aliphatic heterocycles.